The number of carbonyl (C=O) groups excluding carboxylic acids is 1. The number of carbonyl (C=O) groups is 1. The zero-order valence-electron chi connectivity index (χ0n) is 8.49. The Kier molecular flexibility index (Phi) is 4.46. The largest absolute Gasteiger partial charge is 0.394 e. The molecule has 0 aromatic carbocycles. The van der Waals surface area contributed by atoms with Gasteiger partial charge in [0.2, 0.25) is 0 Å². The molecule has 1 atom stereocenters. The van der Waals surface area contributed by atoms with Crippen LogP contribution in [-0.2, 0) is 0 Å². The lowest BCUT2D eigenvalue weighted by Gasteiger charge is -2.13. The molecule has 1 aliphatic carbocycles. The van der Waals surface area contributed by atoms with E-state index in [0.717, 1.165) is 6.42 Å². The molecule has 4 nitrogen and oxygen atoms in total. The van der Waals surface area contributed by atoms with Crippen molar-refractivity contribution in [2.45, 2.75) is 32.2 Å². The third kappa shape index (κ3) is 4.28. The number of aliphatic hydroxyl groups excluding tert-OH is 1. The highest BCUT2D eigenvalue weighted by molar-refractivity contribution is 5.75. The number of hydrogen-bond acceptors (Lipinski definition) is 2. The molecular formula is C10H18N2O2. The Hall–Kier alpha value is -1.03. The van der Waals surface area contributed by atoms with E-state index in [2.05, 4.69) is 10.6 Å². The third-order valence-electron chi connectivity index (χ3n) is 2.25. The zero-order valence-corrected chi connectivity index (χ0v) is 8.49. The first-order chi connectivity index (χ1) is 6.76. The quantitative estimate of drug-likeness (QED) is 0.616. The second-order valence-corrected chi connectivity index (χ2v) is 3.60. The van der Waals surface area contributed by atoms with Crippen LogP contribution < -0.4 is 10.6 Å². The number of aliphatic hydroxyl groups is 1. The monoisotopic (exact) mass is 198 g/mol. The van der Waals surface area contributed by atoms with Gasteiger partial charge in [-0.05, 0) is 25.2 Å². The first kappa shape index (κ1) is 11.0. The Labute approximate surface area is 84.4 Å². The fourth-order valence-corrected chi connectivity index (χ4v) is 1.05. The first-order valence-corrected chi connectivity index (χ1v) is 5.10. The lowest BCUT2D eigenvalue weighted by molar-refractivity contribution is 0.217. The lowest BCUT2D eigenvalue weighted by atomic mass is 10.2. The highest BCUT2D eigenvalue weighted by atomic mass is 16.3. The van der Waals surface area contributed by atoms with E-state index >= 15 is 0 Å². The predicted molar refractivity (Wildman–Crippen MR) is 54.7 cm³/mol. The first-order valence-electron chi connectivity index (χ1n) is 5.10. The number of urea groups is 1. The number of allylic oxidation sites excluding steroid dienone is 1. The van der Waals surface area contributed by atoms with Crippen molar-refractivity contribution in [3.63, 3.8) is 0 Å². The van der Waals surface area contributed by atoms with E-state index < -0.39 is 0 Å². The molecule has 14 heavy (non-hydrogen) atoms. The van der Waals surface area contributed by atoms with Crippen LogP contribution in [0.5, 0.6) is 0 Å². The molecule has 4 heteroatoms. The van der Waals surface area contributed by atoms with Crippen LogP contribution in [0.15, 0.2) is 12.3 Å². The average molecular weight is 198 g/mol. The molecule has 80 valence electrons. The maximum atomic E-state index is 11.2. The van der Waals surface area contributed by atoms with E-state index in [9.17, 15) is 4.79 Å². The molecular weight excluding hydrogens is 180 g/mol. The molecule has 1 unspecified atom stereocenters. The summed E-state index contributed by atoms with van der Waals surface area (Å²) in [6, 6.07) is -0.396. The van der Waals surface area contributed by atoms with E-state index in [4.69, 9.17) is 5.11 Å². The number of hydrogen-bond donors (Lipinski definition) is 3. The summed E-state index contributed by atoms with van der Waals surface area (Å²) in [6.07, 6.45) is 6.87. The summed E-state index contributed by atoms with van der Waals surface area (Å²) in [5.41, 5.74) is 0. The maximum absolute atomic E-state index is 11.2. The van der Waals surface area contributed by atoms with Crippen LogP contribution >= 0.6 is 0 Å². The van der Waals surface area contributed by atoms with Gasteiger partial charge in [-0.2, -0.15) is 0 Å². The molecule has 0 radical (unpaired) electrons. The molecule has 0 bridgehead atoms. The third-order valence-corrected chi connectivity index (χ3v) is 2.25. The normalized spacial score (nSPS) is 18.1. The maximum Gasteiger partial charge on any atom is 0.319 e. The summed E-state index contributed by atoms with van der Waals surface area (Å²) in [7, 11) is 0. The molecule has 1 saturated carbocycles. The summed E-state index contributed by atoms with van der Waals surface area (Å²) >= 11 is 0. The van der Waals surface area contributed by atoms with Crippen LogP contribution in [0.2, 0.25) is 0 Å². The van der Waals surface area contributed by atoms with E-state index in [1.54, 1.807) is 6.20 Å². The molecule has 1 fully saturated rings. The van der Waals surface area contributed by atoms with Crippen LogP contribution in [-0.4, -0.2) is 23.8 Å². The molecule has 1 rings (SSSR count). The van der Waals surface area contributed by atoms with Crippen LogP contribution in [0.1, 0.15) is 26.2 Å². The summed E-state index contributed by atoms with van der Waals surface area (Å²) in [4.78, 5) is 11.2. The van der Waals surface area contributed by atoms with Crippen molar-refractivity contribution in [2.24, 2.45) is 5.92 Å². The SMILES string of the molecule is CCC(CO)NC(=O)N/C=C/C1CC1. The van der Waals surface area contributed by atoms with Gasteiger partial charge in [-0.3, -0.25) is 0 Å². The van der Waals surface area contributed by atoms with Crippen molar-refractivity contribution in [1.29, 1.82) is 0 Å². The van der Waals surface area contributed by atoms with Gasteiger partial charge >= 0.3 is 6.03 Å². The molecule has 3 N–H and O–H groups in total. The van der Waals surface area contributed by atoms with Crippen molar-refractivity contribution in [2.75, 3.05) is 6.61 Å². The minimum absolute atomic E-state index is 0.0176. The molecule has 1 aliphatic rings. The van der Waals surface area contributed by atoms with Crippen LogP contribution in [0.25, 0.3) is 0 Å². The van der Waals surface area contributed by atoms with Crippen molar-refractivity contribution in [1.82, 2.24) is 10.6 Å². The number of amides is 2. The van der Waals surface area contributed by atoms with Crippen molar-refractivity contribution < 1.29 is 9.90 Å². The molecule has 0 aliphatic heterocycles. The van der Waals surface area contributed by atoms with E-state index in [0.29, 0.717) is 5.92 Å². The Morgan fingerprint density at radius 3 is 2.86 bits per heavy atom. The summed E-state index contributed by atoms with van der Waals surface area (Å²) in [6.45, 7) is 1.90. The van der Waals surface area contributed by atoms with Crippen LogP contribution in [0.3, 0.4) is 0 Å². The summed E-state index contributed by atoms with van der Waals surface area (Å²) in [5, 5.41) is 14.1. The van der Waals surface area contributed by atoms with Gasteiger partial charge in [0.1, 0.15) is 0 Å². The topological polar surface area (TPSA) is 61.4 Å². The Morgan fingerprint density at radius 1 is 1.64 bits per heavy atom. The van der Waals surface area contributed by atoms with E-state index in [1.165, 1.54) is 12.8 Å². The molecule has 0 spiro atoms. The van der Waals surface area contributed by atoms with E-state index in [1.807, 2.05) is 13.0 Å². The second kappa shape index (κ2) is 5.65. The van der Waals surface area contributed by atoms with Gasteiger partial charge in [-0.15, -0.1) is 0 Å². The van der Waals surface area contributed by atoms with Gasteiger partial charge in [-0.1, -0.05) is 13.0 Å². The summed E-state index contributed by atoms with van der Waals surface area (Å²) < 4.78 is 0. The van der Waals surface area contributed by atoms with Crippen molar-refractivity contribution in [3.05, 3.63) is 12.3 Å². The predicted octanol–water partition coefficient (Wildman–Crippen LogP) is 0.980. The lowest BCUT2D eigenvalue weighted by Crippen LogP contribution is -2.41. The minimum Gasteiger partial charge on any atom is -0.394 e. The fourth-order valence-electron chi connectivity index (χ4n) is 1.05. The van der Waals surface area contributed by atoms with Crippen molar-refractivity contribution >= 4 is 6.03 Å². The molecule has 0 aromatic heterocycles. The van der Waals surface area contributed by atoms with Crippen LogP contribution in [0.4, 0.5) is 4.79 Å². The Bertz CT molecular complexity index is 208. The van der Waals surface area contributed by atoms with Gasteiger partial charge in [0, 0.05) is 6.20 Å². The van der Waals surface area contributed by atoms with Gasteiger partial charge in [0.15, 0.2) is 0 Å². The zero-order chi connectivity index (χ0) is 10.4. The van der Waals surface area contributed by atoms with Gasteiger partial charge in [0.05, 0.1) is 12.6 Å². The Balaban J connectivity index is 2.13. The minimum atomic E-state index is -0.247. The number of rotatable bonds is 5. The van der Waals surface area contributed by atoms with Crippen molar-refractivity contribution in [3.8, 4) is 0 Å². The fraction of sp³-hybridized carbons (Fsp3) is 0.700. The molecule has 0 aromatic rings. The van der Waals surface area contributed by atoms with Crippen LogP contribution in [0, 0.1) is 5.92 Å². The number of nitrogens with one attached hydrogen (secondary N) is 2. The Morgan fingerprint density at radius 2 is 2.36 bits per heavy atom. The summed E-state index contributed by atoms with van der Waals surface area (Å²) in [5.74, 6) is 0.662. The molecule has 0 heterocycles. The highest BCUT2D eigenvalue weighted by Gasteiger charge is 2.17. The smallest absolute Gasteiger partial charge is 0.319 e. The van der Waals surface area contributed by atoms with Gasteiger partial charge in [0.25, 0.3) is 0 Å². The average Bonchev–Trinajstić information content (AvgIpc) is 2.98. The van der Waals surface area contributed by atoms with Gasteiger partial charge in [-0.25, -0.2) is 4.79 Å². The highest BCUT2D eigenvalue weighted by Crippen LogP contribution is 2.29. The molecule has 0 saturated heterocycles. The standard InChI is InChI=1S/C10H18N2O2/c1-2-9(7-13)12-10(14)11-6-5-8-3-4-8/h5-6,8-9,13H,2-4,7H2,1H3,(H2,11,12,14)/b6-5+. The molecule has 2 amide bonds. The van der Waals surface area contributed by atoms with E-state index in [-0.39, 0.29) is 18.7 Å². The second-order valence-electron chi connectivity index (χ2n) is 3.60. The van der Waals surface area contributed by atoms with Gasteiger partial charge < -0.3 is 15.7 Å².